The van der Waals surface area contributed by atoms with Crippen molar-refractivity contribution in [1.29, 1.82) is 0 Å². The molecule has 4 aliphatic rings. The molecule has 236 valence electrons. The number of hydrogen-bond acceptors (Lipinski definition) is 7. The molecule has 15 heteroatoms. The fourth-order valence-electron chi connectivity index (χ4n) is 5.93. The van der Waals surface area contributed by atoms with Crippen LogP contribution in [0.25, 0.3) is 0 Å². The minimum Gasteiger partial charge on any atom is -0.379 e. The van der Waals surface area contributed by atoms with Gasteiger partial charge in [-0.15, -0.1) is 4.59 Å². The van der Waals surface area contributed by atoms with E-state index in [0.29, 0.717) is 29.2 Å². The summed E-state index contributed by atoms with van der Waals surface area (Å²) in [4.78, 5) is 40.3. The van der Waals surface area contributed by atoms with Crippen LogP contribution in [0.1, 0.15) is 41.3 Å². The predicted octanol–water partition coefficient (Wildman–Crippen LogP) is 4.48. The molecule has 2 amide bonds. The first-order valence-electron chi connectivity index (χ1n) is 14.1. The predicted molar refractivity (Wildman–Crippen MR) is 152 cm³/mol. The summed E-state index contributed by atoms with van der Waals surface area (Å²) >= 11 is 0. The van der Waals surface area contributed by atoms with Gasteiger partial charge in [0, 0.05) is 24.2 Å². The zero-order valence-corrected chi connectivity index (χ0v) is 24.0. The van der Waals surface area contributed by atoms with Crippen LogP contribution in [-0.2, 0) is 15.7 Å². The van der Waals surface area contributed by atoms with E-state index in [1.807, 2.05) is 0 Å². The molecule has 5 heterocycles. The summed E-state index contributed by atoms with van der Waals surface area (Å²) in [6.45, 7) is 2.08. The SMILES string of the molecule is CC1(C(=O)N2C[C@H](C3=C4C=NC=C[N+]4(N)C(c4ccc(C(=O)Nc5cc(C(F)(F)F)ccn5)cc4)=N3)CC[C@@H]2C(F)F)COC1. The van der Waals surface area contributed by atoms with Gasteiger partial charge in [0.2, 0.25) is 11.6 Å². The number of likely N-dealkylation sites (tertiary alicyclic amines) is 1. The summed E-state index contributed by atoms with van der Waals surface area (Å²) in [6, 6.07) is 6.47. The van der Waals surface area contributed by atoms with Gasteiger partial charge in [-0.3, -0.25) is 14.6 Å². The maximum atomic E-state index is 14.0. The van der Waals surface area contributed by atoms with E-state index >= 15 is 0 Å². The highest BCUT2D eigenvalue weighted by atomic mass is 19.4. The molecule has 0 bridgehead atoms. The number of carbonyl (C=O) groups is 2. The van der Waals surface area contributed by atoms with Crippen molar-refractivity contribution in [2.45, 2.75) is 38.4 Å². The van der Waals surface area contributed by atoms with Crippen molar-refractivity contribution in [3.63, 3.8) is 0 Å². The van der Waals surface area contributed by atoms with E-state index in [4.69, 9.17) is 15.6 Å². The number of pyridine rings is 1. The van der Waals surface area contributed by atoms with E-state index in [0.717, 1.165) is 18.3 Å². The van der Waals surface area contributed by atoms with Crippen molar-refractivity contribution in [3.05, 3.63) is 83.1 Å². The van der Waals surface area contributed by atoms with Crippen LogP contribution in [-0.4, -0.2) is 70.6 Å². The molecule has 1 aromatic carbocycles. The smallest absolute Gasteiger partial charge is 0.379 e. The van der Waals surface area contributed by atoms with Gasteiger partial charge in [-0.1, -0.05) is 0 Å². The Kier molecular flexibility index (Phi) is 7.65. The Morgan fingerprint density at radius 2 is 1.89 bits per heavy atom. The van der Waals surface area contributed by atoms with Gasteiger partial charge in [0.15, 0.2) is 0 Å². The van der Waals surface area contributed by atoms with Crippen molar-refractivity contribution in [2.75, 3.05) is 25.1 Å². The first-order chi connectivity index (χ1) is 21.3. The number of amides is 2. The number of alkyl halides is 5. The number of amidine groups is 1. The zero-order valence-electron chi connectivity index (χ0n) is 24.0. The lowest BCUT2D eigenvalue weighted by Crippen LogP contribution is -2.59. The number of ether oxygens (including phenoxy) is 1. The molecule has 0 aliphatic carbocycles. The lowest BCUT2D eigenvalue weighted by atomic mass is 9.83. The Hall–Kier alpha value is -4.34. The molecular formula is C30H29F5N7O3+. The maximum absolute atomic E-state index is 14.0. The van der Waals surface area contributed by atoms with Gasteiger partial charge in [0.1, 0.15) is 17.7 Å². The lowest BCUT2D eigenvalue weighted by molar-refractivity contribution is -0.750. The average Bonchev–Trinajstić information content (AvgIpc) is 3.31. The molecule has 45 heavy (non-hydrogen) atoms. The van der Waals surface area contributed by atoms with Crippen LogP contribution >= 0.6 is 0 Å². The normalized spacial score (nSPS) is 25.6. The summed E-state index contributed by atoms with van der Waals surface area (Å²) < 4.78 is 72.1. The molecule has 1 aromatic heterocycles. The van der Waals surface area contributed by atoms with Crippen molar-refractivity contribution < 1.29 is 40.9 Å². The topological polar surface area (TPSA) is 122 Å². The van der Waals surface area contributed by atoms with Gasteiger partial charge >= 0.3 is 6.18 Å². The van der Waals surface area contributed by atoms with Gasteiger partial charge in [0.05, 0.1) is 48.2 Å². The second-order valence-electron chi connectivity index (χ2n) is 11.7. The second kappa shape index (κ2) is 11.2. The summed E-state index contributed by atoms with van der Waals surface area (Å²) in [7, 11) is 0. The third-order valence-corrected chi connectivity index (χ3v) is 8.48. The molecule has 4 aliphatic heterocycles. The molecule has 3 atom stereocenters. The number of nitrogens with one attached hydrogen (secondary N) is 1. The van der Waals surface area contributed by atoms with Crippen LogP contribution in [0.5, 0.6) is 0 Å². The molecule has 3 N–H and O–H groups in total. The van der Waals surface area contributed by atoms with Crippen molar-refractivity contribution in [1.82, 2.24) is 9.88 Å². The monoisotopic (exact) mass is 630 g/mol. The van der Waals surface area contributed by atoms with E-state index in [1.54, 1.807) is 31.5 Å². The number of halogens is 5. The van der Waals surface area contributed by atoms with E-state index < -0.39 is 41.4 Å². The minimum atomic E-state index is -4.59. The number of nitrogens with two attached hydrogens (primary N) is 1. The van der Waals surface area contributed by atoms with E-state index in [-0.39, 0.29) is 48.1 Å². The van der Waals surface area contributed by atoms with Crippen molar-refractivity contribution >= 4 is 29.7 Å². The fourth-order valence-corrected chi connectivity index (χ4v) is 5.93. The zero-order chi connectivity index (χ0) is 32.1. The number of aliphatic imine (C=N–C) groups is 2. The summed E-state index contributed by atoms with van der Waals surface area (Å²) in [5.74, 6) is 5.50. The molecule has 0 saturated carbocycles. The second-order valence-corrected chi connectivity index (χ2v) is 11.7. The molecular weight excluding hydrogens is 601 g/mol. The maximum Gasteiger partial charge on any atom is 0.416 e. The van der Waals surface area contributed by atoms with Gasteiger partial charge in [-0.25, -0.2) is 13.8 Å². The fraction of sp³-hybridized carbons (Fsp3) is 0.367. The molecule has 0 radical (unpaired) electrons. The van der Waals surface area contributed by atoms with Gasteiger partial charge in [-0.2, -0.15) is 24.0 Å². The highest BCUT2D eigenvalue weighted by Crippen LogP contribution is 2.41. The number of nitrogens with zero attached hydrogens (tertiary/aromatic N) is 5. The quantitative estimate of drug-likeness (QED) is 0.277. The van der Waals surface area contributed by atoms with Crippen LogP contribution < -0.4 is 11.2 Å². The number of benzene rings is 1. The number of hydrogen-bond donors (Lipinski definition) is 2. The standard InChI is InChI=1S/C30H28F5N7O3/c1-29(15-45-16-29)28(44)41-14-19(6-7-21(41)25(31)32)24-22-13-37-10-11-42(22,36)26(40-24)17-2-4-18(5-3-17)27(43)39-23-12-20(8-9-38-23)30(33,34)35/h2-5,8-13,19,21,25H,6-7,14-16,36H2,1H3/p+1/t19-,21-,42?/m1/s1. The third-order valence-electron chi connectivity index (χ3n) is 8.48. The first-order valence-corrected chi connectivity index (χ1v) is 14.1. The third kappa shape index (κ3) is 5.55. The Morgan fingerprint density at radius 3 is 2.53 bits per heavy atom. The number of allylic oxidation sites excluding steroid dienone is 1. The largest absolute Gasteiger partial charge is 0.416 e. The molecule has 0 spiro atoms. The molecule has 6 rings (SSSR count). The number of anilines is 1. The van der Waals surface area contributed by atoms with Crippen molar-refractivity contribution in [2.24, 2.45) is 27.2 Å². The van der Waals surface area contributed by atoms with E-state index in [9.17, 15) is 31.5 Å². The number of rotatable bonds is 6. The van der Waals surface area contributed by atoms with Crippen molar-refractivity contribution in [3.8, 4) is 0 Å². The van der Waals surface area contributed by atoms with E-state index in [1.165, 1.54) is 23.2 Å². The van der Waals surface area contributed by atoms with Crippen LogP contribution in [0.15, 0.2) is 76.4 Å². The molecule has 2 saturated heterocycles. The lowest BCUT2D eigenvalue weighted by Gasteiger charge is -2.46. The molecule has 10 nitrogen and oxygen atoms in total. The Labute approximate surface area is 254 Å². The Balaban J connectivity index is 1.25. The first kappa shape index (κ1) is 30.7. The van der Waals surface area contributed by atoms with Crippen LogP contribution in [0.2, 0.25) is 0 Å². The number of fused-ring (bicyclic) bond motifs is 1. The molecule has 2 aromatic rings. The minimum absolute atomic E-state index is 0.0271. The average molecular weight is 631 g/mol. The number of aromatic nitrogens is 1. The molecule has 1 unspecified atom stereocenters. The molecule has 2 fully saturated rings. The van der Waals surface area contributed by atoms with Gasteiger partial charge in [0.25, 0.3) is 18.2 Å². The summed E-state index contributed by atoms with van der Waals surface area (Å²) in [5.41, 5.74) is -0.0675. The Bertz CT molecular complexity index is 1650. The van der Waals surface area contributed by atoms with Gasteiger partial charge in [-0.05, 0) is 56.2 Å². The summed E-state index contributed by atoms with van der Waals surface area (Å²) in [5, 5.41) is 2.37. The number of quaternary nitrogens is 1. The Morgan fingerprint density at radius 1 is 1.16 bits per heavy atom. The van der Waals surface area contributed by atoms with Crippen LogP contribution in [0.4, 0.5) is 27.8 Å². The highest BCUT2D eigenvalue weighted by molar-refractivity contribution is 6.05. The van der Waals surface area contributed by atoms with Crippen LogP contribution in [0, 0.1) is 11.3 Å². The summed E-state index contributed by atoms with van der Waals surface area (Å²) in [6.07, 6.45) is -1.23. The highest BCUT2D eigenvalue weighted by Gasteiger charge is 2.51. The number of piperidine rings is 1. The van der Waals surface area contributed by atoms with Crippen LogP contribution in [0.3, 0.4) is 0 Å². The number of carbonyl (C=O) groups excluding carboxylic acids is 2. The van der Waals surface area contributed by atoms with Gasteiger partial charge < -0.3 is 15.0 Å². The van der Waals surface area contributed by atoms with E-state index in [2.05, 4.69) is 15.3 Å².